The second kappa shape index (κ2) is 15.9. The largest absolute Gasteiger partial charge is 0.496 e. The van der Waals surface area contributed by atoms with Gasteiger partial charge >= 0.3 is 6.09 Å². The Labute approximate surface area is 276 Å². The lowest BCUT2D eigenvalue weighted by molar-refractivity contribution is -0.125. The smallest absolute Gasteiger partial charge is 0.408 e. The maximum absolute atomic E-state index is 13.5. The quantitative estimate of drug-likeness (QED) is 0.118. The van der Waals surface area contributed by atoms with E-state index in [1.54, 1.807) is 59.2 Å². The molecule has 1 aromatic carbocycles. The second-order valence-corrected chi connectivity index (χ2v) is 15.9. The molecule has 0 aliphatic heterocycles. The first-order valence-electron chi connectivity index (χ1n) is 15.0. The van der Waals surface area contributed by atoms with Crippen molar-refractivity contribution in [3.05, 3.63) is 39.3 Å². The Morgan fingerprint density at radius 1 is 1.11 bits per heavy atom. The summed E-state index contributed by atoms with van der Waals surface area (Å²) in [5.41, 5.74) is 6.64. The molecular formula is C31H50N6O7S2. The number of sulfonamides is 1. The highest BCUT2D eigenvalue weighted by atomic mass is 32.2. The van der Waals surface area contributed by atoms with E-state index >= 15 is 0 Å². The lowest BCUT2D eigenvalue weighted by atomic mass is 9.87. The molecule has 0 radical (unpaired) electrons. The molecule has 0 aliphatic carbocycles. The van der Waals surface area contributed by atoms with Crippen LogP contribution < -0.4 is 25.8 Å². The van der Waals surface area contributed by atoms with Gasteiger partial charge < -0.3 is 30.9 Å². The molecule has 1 aromatic heterocycles. The highest BCUT2D eigenvalue weighted by Gasteiger charge is 2.32. The lowest BCUT2D eigenvalue weighted by Gasteiger charge is -2.30. The van der Waals surface area contributed by atoms with E-state index < -0.39 is 45.8 Å². The van der Waals surface area contributed by atoms with Crippen molar-refractivity contribution in [1.82, 2.24) is 20.3 Å². The highest BCUT2D eigenvalue weighted by molar-refractivity contribution is 7.90. The molecule has 1 heterocycles. The average Bonchev–Trinajstić information content (AvgIpc) is 3.44. The monoisotopic (exact) mass is 682 g/mol. The third-order valence-corrected chi connectivity index (χ3v) is 9.39. The van der Waals surface area contributed by atoms with Crippen molar-refractivity contribution in [2.45, 2.75) is 110 Å². The van der Waals surface area contributed by atoms with Gasteiger partial charge in [0, 0.05) is 18.1 Å². The van der Waals surface area contributed by atoms with Crippen molar-refractivity contribution >= 4 is 39.3 Å². The molecular weight excluding hydrogens is 633 g/mol. The molecule has 0 aliphatic rings. The van der Waals surface area contributed by atoms with Crippen molar-refractivity contribution in [3.63, 3.8) is 0 Å². The summed E-state index contributed by atoms with van der Waals surface area (Å²) >= 11 is 1.24. The third-order valence-electron chi connectivity index (χ3n) is 6.90. The van der Waals surface area contributed by atoms with Crippen molar-refractivity contribution in [2.24, 2.45) is 16.1 Å². The maximum Gasteiger partial charge on any atom is 0.408 e. The van der Waals surface area contributed by atoms with Gasteiger partial charge in [-0.3, -0.25) is 9.79 Å². The molecule has 2 amide bonds. The van der Waals surface area contributed by atoms with Crippen molar-refractivity contribution in [2.75, 3.05) is 13.7 Å². The van der Waals surface area contributed by atoms with Gasteiger partial charge in [-0.2, -0.15) is 0 Å². The van der Waals surface area contributed by atoms with Crippen LogP contribution >= 0.6 is 11.3 Å². The molecule has 0 bridgehead atoms. The number of alkyl carbamates (subject to hydrolysis) is 1. The number of hydrogen-bond donors (Lipinski definition) is 5. The summed E-state index contributed by atoms with van der Waals surface area (Å²) in [5, 5.41) is 18.8. The van der Waals surface area contributed by atoms with Gasteiger partial charge in [-0.15, -0.1) is 11.3 Å². The van der Waals surface area contributed by atoms with Gasteiger partial charge in [0.05, 0.1) is 18.0 Å². The number of rotatable bonds is 13. The number of carbonyl (C=O) groups excluding carboxylic acids is 2. The zero-order valence-corrected chi connectivity index (χ0v) is 30.1. The number of guanidine groups is 1. The number of methoxy groups -OCH3 is 1. The number of nitrogens with two attached hydrogens (primary N) is 1. The Kier molecular flexibility index (Phi) is 13.4. The number of nitrogens with one attached hydrogen (secondary N) is 3. The Bertz CT molecular complexity index is 1480. The fourth-order valence-electron chi connectivity index (χ4n) is 4.79. The number of aryl methyl sites for hydroxylation is 1. The number of nitrogens with zero attached hydrogens (tertiary/aromatic N) is 2. The molecule has 1 unspecified atom stereocenters. The van der Waals surface area contributed by atoms with Crippen LogP contribution in [-0.2, 0) is 19.6 Å². The van der Waals surface area contributed by atoms with Crippen LogP contribution in [0.2, 0.25) is 0 Å². The third kappa shape index (κ3) is 11.7. The number of ether oxygens (including phenoxy) is 2. The van der Waals surface area contributed by atoms with Crippen LogP contribution in [0.5, 0.6) is 5.75 Å². The first-order chi connectivity index (χ1) is 21.1. The number of aliphatic hydroxyl groups excluding tert-OH is 1. The van der Waals surface area contributed by atoms with Gasteiger partial charge in [-0.1, -0.05) is 20.8 Å². The number of benzene rings is 1. The fourth-order valence-corrected chi connectivity index (χ4v) is 6.96. The zero-order valence-electron chi connectivity index (χ0n) is 28.5. The molecule has 0 spiro atoms. The first-order valence-corrected chi connectivity index (χ1v) is 17.4. The predicted molar refractivity (Wildman–Crippen MR) is 179 cm³/mol. The van der Waals surface area contributed by atoms with Crippen LogP contribution in [0.15, 0.2) is 27.5 Å². The van der Waals surface area contributed by atoms with Gasteiger partial charge in [0.1, 0.15) is 28.5 Å². The number of aliphatic imine (C=N–C) groups is 1. The molecule has 6 N–H and O–H groups in total. The van der Waals surface area contributed by atoms with Crippen LogP contribution in [0.1, 0.15) is 88.6 Å². The van der Waals surface area contributed by atoms with Gasteiger partial charge in [-0.25, -0.2) is 22.9 Å². The van der Waals surface area contributed by atoms with Gasteiger partial charge in [0.2, 0.25) is 11.9 Å². The molecule has 15 heteroatoms. The summed E-state index contributed by atoms with van der Waals surface area (Å²) in [6.07, 6.45) is 0.589. The molecule has 258 valence electrons. The standard InChI is InChI=1S/C31H50N6O7S2/c1-18-16-23(43-10)19(2)20(3)25(18)46(41,42)37-28(32)34-13-11-12-21(24(38)27-33-14-15-45-27)35-26(39)22(17-30(4,5)6)36-29(40)44-31(7,8)9/h14-16,21-22,24,38H,11-13,17H2,1-10H3,(H,35,39)(H,36,40)(H3,32,34,37)/t21-,22-,24?/m0/s1. The molecule has 0 saturated heterocycles. The minimum Gasteiger partial charge on any atom is -0.496 e. The van der Waals surface area contributed by atoms with Crippen molar-refractivity contribution in [3.8, 4) is 5.75 Å². The number of amides is 2. The highest BCUT2D eigenvalue weighted by Crippen LogP contribution is 2.30. The van der Waals surface area contributed by atoms with Crippen LogP contribution in [0.4, 0.5) is 4.79 Å². The molecule has 2 aromatic rings. The Hall–Kier alpha value is -3.43. The van der Waals surface area contributed by atoms with Crippen LogP contribution in [-0.4, -0.2) is 67.8 Å². The molecule has 0 saturated carbocycles. The Morgan fingerprint density at radius 2 is 1.76 bits per heavy atom. The van der Waals surface area contributed by atoms with Gasteiger partial charge in [-0.05, 0) is 89.0 Å². The average molecular weight is 683 g/mol. The van der Waals surface area contributed by atoms with Crippen LogP contribution in [0, 0.1) is 26.2 Å². The number of hydrogen-bond acceptors (Lipinski definition) is 10. The summed E-state index contributed by atoms with van der Waals surface area (Å²) < 4.78 is 39.4. The zero-order chi connectivity index (χ0) is 35.0. The molecule has 46 heavy (non-hydrogen) atoms. The molecule has 0 fully saturated rings. The molecule has 2 rings (SSSR count). The van der Waals surface area contributed by atoms with Gasteiger partial charge in [0.15, 0.2) is 0 Å². The normalized spacial score (nSPS) is 14.6. The molecule has 13 nitrogen and oxygen atoms in total. The number of carbonyl (C=O) groups is 2. The lowest BCUT2D eigenvalue weighted by Crippen LogP contribution is -2.53. The number of thiazole rings is 1. The van der Waals surface area contributed by atoms with E-state index in [1.807, 2.05) is 20.8 Å². The minimum atomic E-state index is -4.04. The van der Waals surface area contributed by atoms with Crippen molar-refractivity contribution < 1.29 is 32.6 Å². The Morgan fingerprint density at radius 3 is 2.30 bits per heavy atom. The van der Waals surface area contributed by atoms with Crippen LogP contribution in [0.25, 0.3) is 0 Å². The van der Waals surface area contributed by atoms with E-state index in [-0.39, 0.29) is 29.2 Å². The SMILES string of the molecule is COc1cc(C)c(S(=O)(=O)NC(N)=NCCC[C@H](NC(=O)[C@H](CC(C)(C)C)NC(=O)OC(C)(C)C)C(O)c2nccs2)c(C)c1C. The second-order valence-electron chi connectivity index (χ2n) is 13.4. The van der Waals surface area contributed by atoms with Crippen molar-refractivity contribution in [1.29, 1.82) is 0 Å². The summed E-state index contributed by atoms with van der Waals surface area (Å²) in [5.74, 6) is -0.194. The minimum absolute atomic E-state index is 0.100. The van der Waals surface area contributed by atoms with E-state index in [0.717, 1.165) is 0 Å². The van der Waals surface area contributed by atoms with E-state index in [2.05, 4.69) is 25.3 Å². The first kappa shape index (κ1) is 38.8. The maximum atomic E-state index is 13.5. The van der Waals surface area contributed by atoms with E-state index in [4.69, 9.17) is 15.2 Å². The Balaban J connectivity index is 2.18. The van der Waals surface area contributed by atoms with E-state index in [9.17, 15) is 23.1 Å². The summed E-state index contributed by atoms with van der Waals surface area (Å²) in [6.45, 7) is 16.3. The van der Waals surface area contributed by atoms with Gasteiger partial charge in [0.25, 0.3) is 10.0 Å². The number of aromatic nitrogens is 1. The number of aliphatic hydroxyl groups is 1. The predicted octanol–water partition coefficient (Wildman–Crippen LogP) is 4.00. The summed E-state index contributed by atoms with van der Waals surface area (Å²) in [7, 11) is -2.51. The van der Waals surface area contributed by atoms with E-state index in [0.29, 0.717) is 40.3 Å². The fraction of sp³-hybridized carbons (Fsp3) is 0.613. The summed E-state index contributed by atoms with van der Waals surface area (Å²) in [4.78, 5) is 34.5. The molecule has 3 atom stereocenters. The van der Waals surface area contributed by atoms with E-state index in [1.165, 1.54) is 18.4 Å². The summed E-state index contributed by atoms with van der Waals surface area (Å²) in [6, 6.07) is -0.0683. The topological polar surface area (TPSA) is 194 Å². The van der Waals surface area contributed by atoms with Crippen LogP contribution in [0.3, 0.4) is 0 Å².